The van der Waals surface area contributed by atoms with Gasteiger partial charge in [-0.2, -0.15) is 5.26 Å². The van der Waals surface area contributed by atoms with Crippen LogP contribution < -0.4 is 14.8 Å². The highest BCUT2D eigenvalue weighted by atomic mass is 16.5. The highest BCUT2D eigenvalue weighted by Crippen LogP contribution is 2.34. The smallest absolute Gasteiger partial charge is 0.256 e. The van der Waals surface area contributed by atoms with E-state index in [-0.39, 0.29) is 5.91 Å². The van der Waals surface area contributed by atoms with Gasteiger partial charge < -0.3 is 14.8 Å². The van der Waals surface area contributed by atoms with E-state index in [9.17, 15) is 10.1 Å². The first-order valence-corrected chi connectivity index (χ1v) is 8.71. The Bertz CT molecular complexity index is 1070. The normalized spacial score (nSPS) is 10.1. The summed E-state index contributed by atoms with van der Waals surface area (Å²) in [4.78, 5) is 13.0. The molecule has 0 unspecified atom stereocenters. The van der Waals surface area contributed by atoms with Crippen molar-refractivity contribution < 1.29 is 14.3 Å². The fraction of sp³-hybridized carbons (Fsp3) is 0.130. The highest BCUT2D eigenvalue weighted by Gasteiger charge is 2.17. The van der Waals surface area contributed by atoms with Crippen LogP contribution in [0.4, 0.5) is 5.69 Å². The minimum absolute atomic E-state index is 0.265. The Morgan fingerprint density at radius 1 is 0.929 bits per heavy atom. The van der Waals surface area contributed by atoms with Crippen molar-refractivity contribution >= 4 is 11.6 Å². The third kappa shape index (κ3) is 3.67. The zero-order chi connectivity index (χ0) is 20.1. The zero-order valence-corrected chi connectivity index (χ0v) is 15.9. The molecule has 0 saturated carbocycles. The van der Waals surface area contributed by atoms with Crippen LogP contribution in [-0.4, -0.2) is 20.1 Å². The maximum atomic E-state index is 13.0. The highest BCUT2D eigenvalue weighted by molar-refractivity contribution is 6.09. The number of amides is 1. The molecule has 0 saturated heterocycles. The monoisotopic (exact) mass is 372 g/mol. The number of carbonyl (C=O) groups is 1. The molecule has 0 spiro atoms. The number of benzene rings is 3. The molecule has 5 nitrogen and oxygen atoms in total. The van der Waals surface area contributed by atoms with Gasteiger partial charge in [-0.1, -0.05) is 36.4 Å². The summed E-state index contributed by atoms with van der Waals surface area (Å²) in [6, 6.07) is 20.2. The molecule has 0 heterocycles. The summed E-state index contributed by atoms with van der Waals surface area (Å²) < 4.78 is 10.6. The minimum atomic E-state index is -0.265. The lowest BCUT2D eigenvalue weighted by molar-refractivity contribution is 0.102. The van der Waals surface area contributed by atoms with Gasteiger partial charge in [-0.25, -0.2) is 0 Å². The predicted octanol–water partition coefficient (Wildman–Crippen LogP) is 4.80. The lowest BCUT2D eigenvalue weighted by Crippen LogP contribution is -2.14. The number of anilines is 1. The molecule has 0 aromatic heterocycles. The van der Waals surface area contributed by atoms with Gasteiger partial charge in [0.2, 0.25) is 0 Å². The molecular formula is C23H20N2O3. The number of methoxy groups -OCH3 is 2. The van der Waals surface area contributed by atoms with Gasteiger partial charge in [-0.15, -0.1) is 0 Å². The molecule has 0 fully saturated rings. The fourth-order valence-corrected chi connectivity index (χ4v) is 3.04. The number of aryl methyl sites for hydroxylation is 1. The second kappa shape index (κ2) is 8.28. The molecule has 0 aliphatic rings. The zero-order valence-electron chi connectivity index (χ0n) is 15.9. The molecule has 140 valence electrons. The van der Waals surface area contributed by atoms with E-state index in [2.05, 4.69) is 11.4 Å². The number of hydrogen-bond donors (Lipinski definition) is 1. The Morgan fingerprint density at radius 3 is 2.21 bits per heavy atom. The van der Waals surface area contributed by atoms with E-state index < -0.39 is 0 Å². The van der Waals surface area contributed by atoms with Crippen molar-refractivity contribution in [3.63, 3.8) is 0 Å². The lowest BCUT2D eigenvalue weighted by Gasteiger charge is -2.15. The molecular weight excluding hydrogens is 352 g/mol. The van der Waals surface area contributed by atoms with Gasteiger partial charge in [0.15, 0.2) is 11.5 Å². The van der Waals surface area contributed by atoms with Crippen LogP contribution in [0.5, 0.6) is 11.5 Å². The average Bonchev–Trinajstić information content (AvgIpc) is 2.74. The molecule has 0 radical (unpaired) electrons. The molecule has 5 heteroatoms. The molecule has 0 aliphatic heterocycles. The van der Waals surface area contributed by atoms with Gasteiger partial charge in [0, 0.05) is 22.9 Å². The maximum Gasteiger partial charge on any atom is 0.256 e. The van der Waals surface area contributed by atoms with Gasteiger partial charge in [0.05, 0.1) is 25.9 Å². The maximum absolute atomic E-state index is 13.0. The topological polar surface area (TPSA) is 71.3 Å². The van der Waals surface area contributed by atoms with E-state index in [1.165, 1.54) is 0 Å². The second-order valence-corrected chi connectivity index (χ2v) is 6.18. The van der Waals surface area contributed by atoms with Crippen LogP contribution in [0.3, 0.4) is 0 Å². The molecule has 0 aliphatic carbocycles. The summed E-state index contributed by atoms with van der Waals surface area (Å²) in [5, 5.41) is 12.4. The quantitative estimate of drug-likeness (QED) is 0.698. The average molecular weight is 372 g/mol. The van der Waals surface area contributed by atoms with Crippen LogP contribution in [0, 0.1) is 18.3 Å². The molecule has 1 amide bonds. The van der Waals surface area contributed by atoms with Crippen LogP contribution in [0.1, 0.15) is 21.5 Å². The number of rotatable bonds is 5. The first kappa shape index (κ1) is 19.0. The largest absolute Gasteiger partial charge is 0.493 e. The Kier molecular flexibility index (Phi) is 5.61. The van der Waals surface area contributed by atoms with Gasteiger partial charge in [0.1, 0.15) is 0 Å². The Labute approximate surface area is 164 Å². The molecule has 0 atom stereocenters. The van der Waals surface area contributed by atoms with E-state index in [1.54, 1.807) is 44.6 Å². The van der Waals surface area contributed by atoms with Crippen LogP contribution in [0.15, 0.2) is 60.7 Å². The Morgan fingerprint density at radius 2 is 1.54 bits per heavy atom. The van der Waals surface area contributed by atoms with Crippen LogP contribution in [0.2, 0.25) is 0 Å². The summed E-state index contributed by atoms with van der Waals surface area (Å²) in [6.07, 6.45) is 0. The van der Waals surface area contributed by atoms with E-state index in [1.807, 2.05) is 37.3 Å². The first-order valence-electron chi connectivity index (χ1n) is 8.71. The summed E-state index contributed by atoms with van der Waals surface area (Å²) in [6.45, 7) is 1.88. The number of carbonyl (C=O) groups excluding carboxylic acids is 1. The number of nitriles is 1. The summed E-state index contributed by atoms with van der Waals surface area (Å²) in [5.41, 5.74) is 3.91. The van der Waals surface area contributed by atoms with E-state index >= 15 is 0 Å². The van der Waals surface area contributed by atoms with Gasteiger partial charge in [-0.05, 0) is 36.2 Å². The van der Waals surface area contributed by atoms with Gasteiger partial charge in [-0.3, -0.25) is 4.79 Å². The summed E-state index contributed by atoms with van der Waals surface area (Å²) in [7, 11) is 3.12. The molecule has 0 bridgehead atoms. The number of nitrogens with one attached hydrogen (secondary N) is 1. The SMILES string of the molecule is COc1cc(C)c(NC(=O)c2ccccc2-c2ccccc2C#N)cc1OC. The van der Waals surface area contributed by atoms with Gasteiger partial charge in [0.25, 0.3) is 5.91 Å². The van der Waals surface area contributed by atoms with E-state index in [4.69, 9.17) is 9.47 Å². The molecule has 3 aromatic rings. The van der Waals surface area contributed by atoms with E-state index in [0.29, 0.717) is 33.9 Å². The lowest BCUT2D eigenvalue weighted by atomic mass is 9.95. The van der Waals surface area contributed by atoms with Crippen molar-refractivity contribution in [2.45, 2.75) is 6.92 Å². The van der Waals surface area contributed by atoms with Crippen molar-refractivity contribution in [1.82, 2.24) is 0 Å². The Hall–Kier alpha value is -3.78. The second-order valence-electron chi connectivity index (χ2n) is 6.18. The molecule has 3 aromatic carbocycles. The van der Waals surface area contributed by atoms with Crippen molar-refractivity contribution in [2.75, 3.05) is 19.5 Å². The van der Waals surface area contributed by atoms with Gasteiger partial charge >= 0.3 is 0 Å². The number of hydrogen-bond acceptors (Lipinski definition) is 4. The molecule has 28 heavy (non-hydrogen) atoms. The third-order valence-corrected chi connectivity index (χ3v) is 4.49. The summed E-state index contributed by atoms with van der Waals surface area (Å²) >= 11 is 0. The molecule has 1 N–H and O–H groups in total. The van der Waals surface area contributed by atoms with Crippen LogP contribution in [-0.2, 0) is 0 Å². The Balaban J connectivity index is 2.01. The standard InChI is InChI=1S/C23H20N2O3/c1-15-12-21(27-2)22(28-3)13-20(15)25-23(26)19-11-7-6-10-18(19)17-9-5-4-8-16(17)14-24/h4-13H,1-3H3,(H,25,26). The first-order chi connectivity index (χ1) is 13.6. The van der Waals surface area contributed by atoms with E-state index in [0.717, 1.165) is 11.1 Å². The predicted molar refractivity (Wildman–Crippen MR) is 109 cm³/mol. The van der Waals surface area contributed by atoms with Crippen LogP contribution in [0.25, 0.3) is 11.1 Å². The third-order valence-electron chi connectivity index (χ3n) is 4.49. The number of nitrogens with zero attached hydrogens (tertiary/aromatic N) is 1. The minimum Gasteiger partial charge on any atom is -0.493 e. The number of ether oxygens (including phenoxy) is 2. The van der Waals surface area contributed by atoms with Crippen molar-refractivity contribution in [3.8, 4) is 28.7 Å². The van der Waals surface area contributed by atoms with Crippen LogP contribution >= 0.6 is 0 Å². The fourth-order valence-electron chi connectivity index (χ4n) is 3.04. The summed E-state index contributed by atoms with van der Waals surface area (Å²) in [5.74, 6) is 0.867. The van der Waals surface area contributed by atoms with Crippen molar-refractivity contribution in [3.05, 3.63) is 77.4 Å². The van der Waals surface area contributed by atoms with Crippen molar-refractivity contribution in [2.24, 2.45) is 0 Å². The molecule has 3 rings (SSSR count). The van der Waals surface area contributed by atoms with Crippen molar-refractivity contribution in [1.29, 1.82) is 5.26 Å².